The number of aromatic nitrogens is 3. The van der Waals surface area contributed by atoms with Crippen molar-refractivity contribution in [2.75, 3.05) is 20.2 Å². The third-order valence-corrected chi connectivity index (χ3v) is 6.61. The molecule has 9 heteroatoms. The fraction of sp³-hybridized carbons (Fsp3) is 0.450. The lowest BCUT2D eigenvalue weighted by Gasteiger charge is -2.36. The number of likely N-dealkylation sites (tertiary alicyclic amines) is 1. The number of aromatic hydroxyl groups is 1. The summed E-state index contributed by atoms with van der Waals surface area (Å²) in [6, 6.07) is 7.70. The molecule has 1 aliphatic rings. The molecule has 1 atom stereocenters. The van der Waals surface area contributed by atoms with Crippen molar-refractivity contribution in [2.24, 2.45) is 11.7 Å². The van der Waals surface area contributed by atoms with E-state index in [9.17, 15) is 9.90 Å². The second kappa shape index (κ2) is 8.00. The molecule has 1 aliphatic heterocycles. The van der Waals surface area contributed by atoms with Crippen LogP contribution in [-0.4, -0.2) is 50.7 Å². The van der Waals surface area contributed by atoms with Gasteiger partial charge >= 0.3 is 0 Å². The van der Waals surface area contributed by atoms with Gasteiger partial charge in [-0.25, -0.2) is 4.98 Å². The molecule has 3 N–H and O–H groups in total. The van der Waals surface area contributed by atoms with Crippen molar-refractivity contribution in [3.63, 3.8) is 0 Å². The highest BCUT2D eigenvalue weighted by molar-refractivity contribution is 7.17. The summed E-state index contributed by atoms with van der Waals surface area (Å²) in [5, 5.41) is 15.3. The van der Waals surface area contributed by atoms with Crippen molar-refractivity contribution >= 4 is 22.2 Å². The highest BCUT2D eigenvalue weighted by atomic mass is 32.1. The first kappa shape index (κ1) is 19.7. The van der Waals surface area contributed by atoms with Crippen molar-refractivity contribution < 1.29 is 14.6 Å². The molecule has 3 aromatic rings. The third-order valence-electron chi connectivity index (χ3n) is 5.54. The first-order valence-electron chi connectivity index (χ1n) is 9.76. The molecule has 0 aliphatic carbocycles. The van der Waals surface area contributed by atoms with Gasteiger partial charge in [0.2, 0.25) is 16.7 Å². The predicted octanol–water partition coefficient (Wildman–Crippen LogP) is 2.35. The van der Waals surface area contributed by atoms with Gasteiger partial charge in [0, 0.05) is 12.3 Å². The monoisotopic (exact) mass is 415 g/mol. The van der Waals surface area contributed by atoms with Crippen LogP contribution in [0, 0.1) is 5.92 Å². The molecule has 2 aromatic heterocycles. The van der Waals surface area contributed by atoms with Crippen molar-refractivity contribution in [1.29, 1.82) is 0 Å². The van der Waals surface area contributed by atoms with Gasteiger partial charge in [-0.05, 0) is 43.6 Å². The SMILES string of the molecule is CCc1nc2sc([C@@H](c3ccc(OC)cc3)N3CCC(C(N)=O)CC3)c(O)n2n1. The van der Waals surface area contributed by atoms with Crippen molar-refractivity contribution in [3.8, 4) is 11.6 Å². The van der Waals surface area contributed by atoms with E-state index >= 15 is 0 Å². The Hall–Kier alpha value is -2.65. The molecule has 0 saturated carbocycles. The maximum absolute atomic E-state index is 11.6. The summed E-state index contributed by atoms with van der Waals surface area (Å²) in [7, 11) is 1.64. The van der Waals surface area contributed by atoms with Crippen LogP contribution in [0.5, 0.6) is 11.6 Å². The number of piperidine rings is 1. The van der Waals surface area contributed by atoms with Crippen molar-refractivity contribution in [1.82, 2.24) is 19.5 Å². The van der Waals surface area contributed by atoms with Gasteiger partial charge in [-0.1, -0.05) is 30.4 Å². The maximum atomic E-state index is 11.6. The largest absolute Gasteiger partial charge is 0.497 e. The van der Waals surface area contributed by atoms with E-state index in [2.05, 4.69) is 15.0 Å². The average Bonchev–Trinajstić information content (AvgIpc) is 3.28. The Morgan fingerprint density at radius 1 is 1.34 bits per heavy atom. The summed E-state index contributed by atoms with van der Waals surface area (Å²) in [6.45, 7) is 3.43. The fourth-order valence-corrected chi connectivity index (χ4v) is 5.01. The lowest BCUT2D eigenvalue weighted by molar-refractivity contribution is -0.123. The van der Waals surface area contributed by atoms with Gasteiger partial charge in [0.1, 0.15) is 5.75 Å². The smallest absolute Gasteiger partial charge is 0.230 e. The van der Waals surface area contributed by atoms with Gasteiger partial charge in [0.15, 0.2) is 5.82 Å². The highest BCUT2D eigenvalue weighted by Crippen LogP contribution is 2.41. The van der Waals surface area contributed by atoms with E-state index in [0.717, 1.165) is 29.3 Å². The zero-order chi connectivity index (χ0) is 20.5. The van der Waals surface area contributed by atoms with Crippen LogP contribution in [-0.2, 0) is 11.2 Å². The van der Waals surface area contributed by atoms with E-state index in [1.807, 2.05) is 31.2 Å². The van der Waals surface area contributed by atoms with E-state index in [4.69, 9.17) is 10.5 Å². The molecule has 154 valence electrons. The Kier molecular flexibility index (Phi) is 5.42. The Morgan fingerprint density at radius 3 is 2.59 bits per heavy atom. The van der Waals surface area contributed by atoms with Crippen LogP contribution >= 0.6 is 11.3 Å². The zero-order valence-electron chi connectivity index (χ0n) is 16.5. The van der Waals surface area contributed by atoms with Crippen LogP contribution in [0.4, 0.5) is 0 Å². The molecule has 1 aromatic carbocycles. The fourth-order valence-electron chi connectivity index (χ4n) is 3.87. The maximum Gasteiger partial charge on any atom is 0.230 e. The quantitative estimate of drug-likeness (QED) is 0.640. The normalized spacial score (nSPS) is 16.9. The number of methoxy groups -OCH3 is 1. The van der Waals surface area contributed by atoms with E-state index in [0.29, 0.717) is 30.0 Å². The number of carbonyl (C=O) groups is 1. The lowest BCUT2D eigenvalue weighted by Crippen LogP contribution is -2.40. The number of benzene rings is 1. The molecular formula is C20H25N5O3S. The number of nitrogens with zero attached hydrogens (tertiary/aromatic N) is 4. The number of ether oxygens (including phenoxy) is 1. The average molecular weight is 416 g/mol. The number of rotatable bonds is 6. The van der Waals surface area contributed by atoms with E-state index < -0.39 is 0 Å². The van der Waals surface area contributed by atoms with Crippen LogP contribution in [0.2, 0.25) is 0 Å². The Balaban J connectivity index is 1.73. The number of fused-ring (bicyclic) bond motifs is 1. The number of primary amides is 1. The first-order valence-corrected chi connectivity index (χ1v) is 10.6. The lowest BCUT2D eigenvalue weighted by atomic mass is 9.93. The second-order valence-electron chi connectivity index (χ2n) is 7.25. The van der Waals surface area contributed by atoms with Gasteiger partial charge in [0.25, 0.3) is 0 Å². The minimum absolute atomic E-state index is 0.0919. The summed E-state index contributed by atoms with van der Waals surface area (Å²) in [5.74, 6) is 1.28. The van der Waals surface area contributed by atoms with E-state index in [1.54, 1.807) is 7.11 Å². The van der Waals surface area contributed by atoms with Crippen LogP contribution in [0.1, 0.15) is 42.1 Å². The molecule has 1 saturated heterocycles. The van der Waals surface area contributed by atoms with Gasteiger partial charge < -0.3 is 15.6 Å². The second-order valence-corrected chi connectivity index (χ2v) is 8.26. The molecule has 0 radical (unpaired) electrons. The van der Waals surface area contributed by atoms with Crippen LogP contribution in [0.3, 0.4) is 0 Å². The van der Waals surface area contributed by atoms with Crippen LogP contribution in [0.15, 0.2) is 24.3 Å². The minimum atomic E-state index is -0.237. The molecule has 4 rings (SSSR count). The Bertz CT molecular complexity index is 1010. The molecule has 29 heavy (non-hydrogen) atoms. The molecule has 0 unspecified atom stereocenters. The number of amides is 1. The minimum Gasteiger partial charge on any atom is -0.497 e. The molecule has 3 heterocycles. The van der Waals surface area contributed by atoms with Gasteiger partial charge in [-0.3, -0.25) is 9.69 Å². The Morgan fingerprint density at radius 2 is 2.03 bits per heavy atom. The van der Waals surface area contributed by atoms with E-state index in [-0.39, 0.29) is 23.7 Å². The number of thiazole rings is 1. The third kappa shape index (κ3) is 3.67. The number of carbonyl (C=O) groups excluding carboxylic acids is 1. The standard InChI is InChI=1S/C20H25N5O3S/c1-3-15-22-20-25(23-15)19(27)17(29-20)16(12-4-6-14(28-2)7-5-12)24-10-8-13(9-11-24)18(21)26/h4-7,13,16,27H,3,8-11H2,1-2H3,(H2,21,26)/t16-/m1/s1. The highest BCUT2D eigenvalue weighted by Gasteiger charge is 2.33. The zero-order valence-corrected chi connectivity index (χ0v) is 17.4. The molecule has 8 nitrogen and oxygen atoms in total. The summed E-state index contributed by atoms with van der Waals surface area (Å²) >= 11 is 1.45. The molecular weight excluding hydrogens is 390 g/mol. The van der Waals surface area contributed by atoms with Crippen molar-refractivity contribution in [3.05, 3.63) is 40.5 Å². The number of hydrogen-bond acceptors (Lipinski definition) is 7. The van der Waals surface area contributed by atoms with E-state index in [1.165, 1.54) is 15.9 Å². The molecule has 0 spiro atoms. The summed E-state index contributed by atoms with van der Waals surface area (Å²) in [5.41, 5.74) is 6.54. The van der Waals surface area contributed by atoms with Crippen LogP contribution in [0.25, 0.3) is 4.96 Å². The summed E-state index contributed by atoms with van der Waals surface area (Å²) < 4.78 is 6.81. The number of hydrogen-bond donors (Lipinski definition) is 2. The Labute approximate surface area is 172 Å². The molecule has 0 bridgehead atoms. The topological polar surface area (TPSA) is 106 Å². The van der Waals surface area contributed by atoms with Crippen LogP contribution < -0.4 is 10.5 Å². The van der Waals surface area contributed by atoms with Gasteiger partial charge in [-0.15, -0.1) is 5.10 Å². The number of aryl methyl sites for hydroxylation is 1. The van der Waals surface area contributed by atoms with Gasteiger partial charge in [-0.2, -0.15) is 4.52 Å². The molecule has 1 fully saturated rings. The first-order chi connectivity index (χ1) is 14.0. The predicted molar refractivity (Wildman–Crippen MR) is 110 cm³/mol. The number of nitrogens with two attached hydrogens (primary N) is 1. The van der Waals surface area contributed by atoms with Crippen molar-refractivity contribution in [2.45, 2.75) is 32.2 Å². The molecule has 1 amide bonds. The summed E-state index contributed by atoms with van der Waals surface area (Å²) in [6.07, 6.45) is 2.14. The summed E-state index contributed by atoms with van der Waals surface area (Å²) in [4.78, 5) is 19.8. The van der Waals surface area contributed by atoms with Gasteiger partial charge in [0.05, 0.1) is 18.0 Å².